The first kappa shape index (κ1) is 16.9. The number of nitro groups is 1. The lowest BCUT2D eigenvalue weighted by atomic mass is 10.2. The molecule has 24 heavy (non-hydrogen) atoms. The van der Waals surface area contributed by atoms with Crippen LogP contribution in [0, 0.1) is 10.1 Å². The first-order valence-electron chi connectivity index (χ1n) is 8.46. The average molecular weight is 333 g/mol. The average Bonchev–Trinajstić information content (AvgIpc) is 3.32. The third-order valence-electron chi connectivity index (χ3n) is 4.64. The fourth-order valence-electron chi connectivity index (χ4n) is 3.22. The second-order valence-corrected chi connectivity index (χ2v) is 6.68. The highest BCUT2D eigenvalue weighted by Gasteiger charge is 2.31. The summed E-state index contributed by atoms with van der Waals surface area (Å²) in [6.45, 7) is 2.31. The van der Waals surface area contributed by atoms with Crippen molar-refractivity contribution in [1.29, 1.82) is 0 Å². The summed E-state index contributed by atoms with van der Waals surface area (Å²) in [5.41, 5.74) is 1.08. The minimum absolute atomic E-state index is 0.0873. The summed E-state index contributed by atoms with van der Waals surface area (Å²) in [5.74, 6) is 0.127. The largest absolute Gasteiger partial charge is 0.390 e. The van der Waals surface area contributed by atoms with Gasteiger partial charge in [0, 0.05) is 50.8 Å². The Morgan fingerprint density at radius 3 is 2.58 bits per heavy atom. The maximum Gasteiger partial charge on any atom is 0.269 e. The lowest BCUT2D eigenvalue weighted by molar-refractivity contribution is -0.384. The smallest absolute Gasteiger partial charge is 0.269 e. The van der Waals surface area contributed by atoms with Gasteiger partial charge < -0.3 is 10.0 Å². The van der Waals surface area contributed by atoms with E-state index in [2.05, 4.69) is 4.90 Å². The van der Waals surface area contributed by atoms with Crippen LogP contribution in [0.15, 0.2) is 24.3 Å². The third kappa shape index (κ3) is 4.30. The molecule has 0 spiro atoms. The Labute approximate surface area is 141 Å². The highest BCUT2D eigenvalue weighted by molar-refractivity contribution is 5.78. The van der Waals surface area contributed by atoms with Gasteiger partial charge in [0.2, 0.25) is 5.91 Å². The van der Waals surface area contributed by atoms with Gasteiger partial charge in [-0.2, -0.15) is 0 Å². The predicted molar refractivity (Wildman–Crippen MR) is 88.3 cm³/mol. The normalized spacial score (nSPS) is 19.1. The van der Waals surface area contributed by atoms with Gasteiger partial charge in [-0.1, -0.05) is 12.1 Å². The lowest BCUT2D eigenvalue weighted by Gasteiger charge is -2.27. The first-order chi connectivity index (χ1) is 11.5. The molecule has 3 rings (SSSR count). The summed E-state index contributed by atoms with van der Waals surface area (Å²) in [4.78, 5) is 25.9. The Kier molecular flexibility index (Phi) is 5.11. The van der Waals surface area contributed by atoms with Gasteiger partial charge in [-0.25, -0.2) is 0 Å². The Balaban J connectivity index is 1.56. The molecule has 2 fully saturated rings. The van der Waals surface area contributed by atoms with Crippen molar-refractivity contribution in [2.45, 2.75) is 44.4 Å². The van der Waals surface area contributed by atoms with Gasteiger partial charge in [0.05, 0.1) is 11.0 Å². The van der Waals surface area contributed by atoms with E-state index in [9.17, 15) is 20.0 Å². The van der Waals surface area contributed by atoms with Gasteiger partial charge in [0.25, 0.3) is 5.69 Å². The molecule has 0 bridgehead atoms. The Bertz CT molecular complexity index is 600. The molecule has 130 valence electrons. The molecule has 1 saturated carbocycles. The number of benzene rings is 1. The number of likely N-dealkylation sites (tertiary alicyclic amines) is 1. The van der Waals surface area contributed by atoms with E-state index in [-0.39, 0.29) is 11.6 Å². The maximum absolute atomic E-state index is 11.7. The maximum atomic E-state index is 11.7. The molecule has 1 aromatic rings. The van der Waals surface area contributed by atoms with Gasteiger partial charge in [-0.3, -0.25) is 19.8 Å². The molecule has 7 heteroatoms. The molecule has 1 unspecified atom stereocenters. The van der Waals surface area contributed by atoms with Crippen LogP contribution in [0.2, 0.25) is 0 Å². The molecule has 0 radical (unpaired) electrons. The number of non-ortho nitro benzene ring substituents is 1. The van der Waals surface area contributed by atoms with Crippen LogP contribution in [0.4, 0.5) is 5.69 Å². The van der Waals surface area contributed by atoms with Crippen molar-refractivity contribution in [3.8, 4) is 0 Å². The van der Waals surface area contributed by atoms with Crippen LogP contribution in [0.3, 0.4) is 0 Å². The lowest BCUT2D eigenvalue weighted by Crippen LogP contribution is -2.41. The standard InChI is InChI=1S/C17H23N3O4/c21-16(11-18-9-1-2-17(18)22)12-19(14-7-8-14)10-13-3-5-15(6-4-13)20(23)24/h3-6,14,16,21H,1-2,7-12H2. The van der Waals surface area contributed by atoms with Crippen LogP contribution in [0.1, 0.15) is 31.2 Å². The number of aliphatic hydroxyl groups is 1. The van der Waals surface area contributed by atoms with Crippen molar-refractivity contribution in [2.24, 2.45) is 0 Å². The van der Waals surface area contributed by atoms with Crippen LogP contribution in [0.25, 0.3) is 0 Å². The van der Waals surface area contributed by atoms with Crippen LogP contribution >= 0.6 is 0 Å². The van der Waals surface area contributed by atoms with E-state index < -0.39 is 11.0 Å². The number of hydrogen-bond donors (Lipinski definition) is 1. The highest BCUT2D eigenvalue weighted by Crippen LogP contribution is 2.29. The number of hydrogen-bond acceptors (Lipinski definition) is 5. The van der Waals surface area contributed by atoms with Crippen molar-refractivity contribution in [1.82, 2.24) is 9.80 Å². The molecule has 1 aliphatic heterocycles. The number of rotatable bonds is 8. The molecule has 2 aliphatic rings. The molecule has 1 aromatic carbocycles. The fourth-order valence-corrected chi connectivity index (χ4v) is 3.22. The monoisotopic (exact) mass is 333 g/mol. The van der Waals surface area contributed by atoms with Crippen molar-refractivity contribution < 1.29 is 14.8 Å². The van der Waals surface area contributed by atoms with Gasteiger partial charge in [-0.05, 0) is 24.8 Å². The molecular formula is C17H23N3O4. The zero-order valence-corrected chi connectivity index (χ0v) is 13.6. The second-order valence-electron chi connectivity index (χ2n) is 6.68. The predicted octanol–water partition coefficient (Wildman–Crippen LogP) is 1.54. The van der Waals surface area contributed by atoms with E-state index in [1.54, 1.807) is 17.0 Å². The quantitative estimate of drug-likeness (QED) is 0.576. The third-order valence-corrected chi connectivity index (χ3v) is 4.64. The van der Waals surface area contributed by atoms with E-state index >= 15 is 0 Å². The Hall–Kier alpha value is -1.99. The molecule has 1 saturated heterocycles. The number of nitro benzene ring substituents is 1. The summed E-state index contributed by atoms with van der Waals surface area (Å²) in [6, 6.07) is 7.02. The van der Waals surface area contributed by atoms with E-state index in [1.165, 1.54) is 12.1 Å². The zero-order valence-electron chi connectivity index (χ0n) is 13.6. The van der Waals surface area contributed by atoms with Crippen LogP contribution in [-0.4, -0.2) is 57.5 Å². The number of carbonyl (C=O) groups excluding carboxylic acids is 1. The molecular weight excluding hydrogens is 310 g/mol. The second kappa shape index (κ2) is 7.27. The number of amides is 1. The van der Waals surface area contributed by atoms with Crippen molar-refractivity contribution in [3.63, 3.8) is 0 Å². The van der Waals surface area contributed by atoms with E-state index in [0.29, 0.717) is 32.1 Å². The van der Waals surface area contributed by atoms with Crippen molar-refractivity contribution in [3.05, 3.63) is 39.9 Å². The van der Waals surface area contributed by atoms with E-state index in [0.717, 1.165) is 31.4 Å². The Morgan fingerprint density at radius 1 is 1.33 bits per heavy atom. The molecule has 1 atom stereocenters. The fraction of sp³-hybridized carbons (Fsp3) is 0.588. The summed E-state index contributed by atoms with van der Waals surface area (Å²) in [6.07, 6.45) is 3.12. The number of β-amino-alcohol motifs (C(OH)–C–C–N with tert-alkyl or cyclic N) is 1. The topological polar surface area (TPSA) is 86.9 Å². The molecule has 1 amide bonds. The SMILES string of the molecule is O=C1CCCN1CC(O)CN(Cc1ccc([N+](=O)[O-])cc1)C1CC1. The Morgan fingerprint density at radius 2 is 2.04 bits per heavy atom. The molecule has 0 aromatic heterocycles. The van der Waals surface area contributed by atoms with E-state index in [4.69, 9.17) is 0 Å². The summed E-state index contributed by atoms with van der Waals surface area (Å²) in [5, 5.41) is 21.1. The zero-order chi connectivity index (χ0) is 17.1. The molecule has 7 nitrogen and oxygen atoms in total. The van der Waals surface area contributed by atoms with Gasteiger partial charge in [0.15, 0.2) is 0 Å². The summed E-state index contributed by atoms with van der Waals surface area (Å²) >= 11 is 0. The van der Waals surface area contributed by atoms with E-state index in [1.807, 2.05) is 0 Å². The van der Waals surface area contributed by atoms with Crippen LogP contribution < -0.4 is 0 Å². The minimum atomic E-state index is -0.564. The molecule has 1 aliphatic carbocycles. The number of aliphatic hydroxyl groups excluding tert-OH is 1. The molecule has 1 heterocycles. The van der Waals surface area contributed by atoms with Crippen molar-refractivity contribution in [2.75, 3.05) is 19.6 Å². The number of carbonyl (C=O) groups is 1. The summed E-state index contributed by atoms with van der Waals surface area (Å²) in [7, 11) is 0. The summed E-state index contributed by atoms with van der Waals surface area (Å²) < 4.78 is 0. The van der Waals surface area contributed by atoms with Gasteiger partial charge >= 0.3 is 0 Å². The van der Waals surface area contributed by atoms with Crippen LogP contribution in [-0.2, 0) is 11.3 Å². The van der Waals surface area contributed by atoms with Crippen LogP contribution in [0.5, 0.6) is 0 Å². The van der Waals surface area contributed by atoms with Crippen molar-refractivity contribution >= 4 is 11.6 Å². The highest BCUT2D eigenvalue weighted by atomic mass is 16.6. The van der Waals surface area contributed by atoms with Gasteiger partial charge in [-0.15, -0.1) is 0 Å². The first-order valence-corrected chi connectivity index (χ1v) is 8.46. The number of nitrogens with zero attached hydrogens (tertiary/aromatic N) is 3. The minimum Gasteiger partial charge on any atom is -0.390 e. The molecule has 1 N–H and O–H groups in total. The van der Waals surface area contributed by atoms with Gasteiger partial charge in [0.1, 0.15) is 0 Å².